The van der Waals surface area contributed by atoms with Crippen molar-refractivity contribution in [1.82, 2.24) is 9.38 Å². The van der Waals surface area contributed by atoms with Gasteiger partial charge in [0.2, 0.25) is 5.89 Å². The summed E-state index contributed by atoms with van der Waals surface area (Å²) in [5.41, 5.74) is 4.77. The lowest BCUT2D eigenvalue weighted by molar-refractivity contribution is -0.112. The van der Waals surface area contributed by atoms with Crippen molar-refractivity contribution >= 4 is 28.6 Å². The highest BCUT2D eigenvalue weighted by Crippen LogP contribution is 2.32. The van der Waals surface area contributed by atoms with E-state index in [1.165, 1.54) is 6.26 Å². The monoisotopic (exact) mass is 450 g/mol. The third-order valence-corrected chi connectivity index (χ3v) is 5.58. The number of carbonyl (C=O) groups excluding carboxylic acids is 2. The van der Waals surface area contributed by atoms with Crippen LogP contribution in [0.4, 0.5) is 11.4 Å². The summed E-state index contributed by atoms with van der Waals surface area (Å²) in [4.78, 5) is 32.7. The van der Waals surface area contributed by atoms with E-state index in [-0.39, 0.29) is 0 Å². The Bertz CT molecular complexity index is 1490. The van der Waals surface area contributed by atoms with Crippen molar-refractivity contribution in [3.8, 4) is 22.6 Å². The maximum absolute atomic E-state index is 13.4. The fraction of sp³-hybridized carbons (Fsp3) is 0.0741. The lowest BCUT2D eigenvalue weighted by atomic mass is 10.0. The number of nitrogens with zero attached hydrogens (tertiary/aromatic N) is 3. The molecular formula is C27H22N4O3. The number of anilines is 2. The Morgan fingerprint density at radius 3 is 2.47 bits per heavy atom. The number of carbonyl (C=O) groups is 2. The summed E-state index contributed by atoms with van der Waals surface area (Å²) >= 11 is 0. The highest BCUT2D eigenvalue weighted by Gasteiger charge is 2.25. The first kappa shape index (κ1) is 21.2. The van der Waals surface area contributed by atoms with Gasteiger partial charge in [0.05, 0.1) is 11.8 Å². The third kappa shape index (κ3) is 3.84. The highest BCUT2D eigenvalue weighted by molar-refractivity contribution is 6.47. The predicted molar refractivity (Wildman–Crippen MR) is 132 cm³/mol. The number of fused-ring (bicyclic) bond motifs is 1. The van der Waals surface area contributed by atoms with Crippen molar-refractivity contribution in [2.45, 2.75) is 0 Å². The summed E-state index contributed by atoms with van der Waals surface area (Å²) in [5, 5.41) is 2.75. The summed E-state index contributed by atoms with van der Waals surface area (Å²) in [6.07, 6.45) is 4.84. The first-order valence-corrected chi connectivity index (χ1v) is 10.8. The zero-order valence-corrected chi connectivity index (χ0v) is 18.7. The summed E-state index contributed by atoms with van der Waals surface area (Å²) in [7, 11) is 3.82. The molecule has 0 aliphatic carbocycles. The highest BCUT2D eigenvalue weighted by atomic mass is 16.3. The van der Waals surface area contributed by atoms with Gasteiger partial charge in [0.25, 0.3) is 11.7 Å². The minimum Gasteiger partial charge on any atom is -0.444 e. The number of Topliss-reactive ketones (excluding diaryl/α,β-unsaturated/α-hetero) is 1. The summed E-state index contributed by atoms with van der Waals surface area (Å²) in [6.45, 7) is 0. The van der Waals surface area contributed by atoms with Crippen LogP contribution >= 0.6 is 0 Å². The van der Waals surface area contributed by atoms with E-state index in [1.54, 1.807) is 28.9 Å². The van der Waals surface area contributed by atoms with E-state index in [0.717, 1.165) is 16.8 Å². The fourth-order valence-corrected chi connectivity index (χ4v) is 4.02. The number of hydrogen-bond donors (Lipinski definition) is 1. The van der Waals surface area contributed by atoms with Crippen molar-refractivity contribution in [2.75, 3.05) is 24.3 Å². The Kier molecular flexibility index (Phi) is 5.43. The average Bonchev–Trinajstić information content (AvgIpc) is 3.52. The SMILES string of the molecule is CN(C)c1ccc(NC(=O)C(=O)c2c(-c3ccccc3)cc3ccccn23)cc1-c1ncco1. The number of ketones is 1. The van der Waals surface area contributed by atoms with Gasteiger partial charge in [0.15, 0.2) is 0 Å². The second-order valence-electron chi connectivity index (χ2n) is 8.02. The van der Waals surface area contributed by atoms with Crippen molar-refractivity contribution in [1.29, 1.82) is 0 Å². The Morgan fingerprint density at radius 1 is 0.941 bits per heavy atom. The van der Waals surface area contributed by atoms with Gasteiger partial charge in [-0.2, -0.15) is 0 Å². The molecule has 0 fully saturated rings. The van der Waals surface area contributed by atoms with Gasteiger partial charge in [-0.3, -0.25) is 9.59 Å². The predicted octanol–water partition coefficient (Wildman–Crippen LogP) is 5.15. The molecule has 0 bridgehead atoms. The Morgan fingerprint density at radius 2 is 1.74 bits per heavy atom. The van der Waals surface area contributed by atoms with E-state index in [1.807, 2.05) is 79.7 Å². The van der Waals surface area contributed by atoms with Gasteiger partial charge in [-0.25, -0.2) is 4.98 Å². The van der Waals surface area contributed by atoms with E-state index in [4.69, 9.17) is 4.42 Å². The maximum Gasteiger partial charge on any atom is 0.298 e. The average molecular weight is 450 g/mol. The molecule has 0 saturated carbocycles. The molecule has 0 spiro atoms. The summed E-state index contributed by atoms with van der Waals surface area (Å²) in [6, 6.07) is 22.5. The molecule has 168 valence electrons. The molecule has 0 atom stereocenters. The number of amides is 1. The molecular weight excluding hydrogens is 428 g/mol. The largest absolute Gasteiger partial charge is 0.444 e. The van der Waals surface area contributed by atoms with Gasteiger partial charge in [-0.1, -0.05) is 36.4 Å². The van der Waals surface area contributed by atoms with Gasteiger partial charge in [-0.05, 0) is 42.0 Å². The lowest BCUT2D eigenvalue weighted by Crippen LogP contribution is -2.24. The first-order chi connectivity index (χ1) is 16.5. The Balaban J connectivity index is 1.52. The molecule has 7 nitrogen and oxygen atoms in total. The zero-order chi connectivity index (χ0) is 23.7. The number of hydrogen-bond acceptors (Lipinski definition) is 5. The second kappa shape index (κ2) is 8.71. The van der Waals surface area contributed by atoms with Crippen molar-refractivity contribution in [3.05, 3.63) is 97.1 Å². The van der Waals surface area contributed by atoms with Crippen LogP contribution in [0.15, 0.2) is 95.9 Å². The number of nitrogens with one attached hydrogen (secondary N) is 1. The number of pyridine rings is 1. The molecule has 2 aromatic carbocycles. The lowest BCUT2D eigenvalue weighted by Gasteiger charge is -2.17. The normalized spacial score (nSPS) is 10.9. The van der Waals surface area contributed by atoms with Gasteiger partial charge < -0.3 is 19.0 Å². The minimum atomic E-state index is -0.725. The molecule has 5 aromatic rings. The van der Waals surface area contributed by atoms with Crippen LogP contribution in [0.5, 0.6) is 0 Å². The van der Waals surface area contributed by atoms with E-state index in [2.05, 4.69) is 10.3 Å². The van der Waals surface area contributed by atoms with Gasteiger partial charge in [-0.15, -0.1) is 0 Å². The van der Waals surface area contributed by atoms with E-state index < -0.39 is 11.7 Å². The molecule has 1 N–H and O–H groups in total. The smallest absolute Gasteiger partial charge is 0.298 e. The standard InChI is InChI=1S/C27H22N4O3/c1-30(2)23-12-11-19(16-22(23)27-28-13-15-34-27)29-26(33)25(32)24-21(18-8-4-3-5-9-18)17-20-10-6-7-14-31(20)24/h3-17H,1-2H3,(H,29,33). The van der Waals surface area contributed by atoms with Crippen molar-refractivity contribution in [2.24, 2.45) is 0 Å². The van der Waals surface area contributed by atoms with E-state index >= 15 is 0 Å². The van der Waals surface area contributed by atoms with Crippen molar-refractivity contribution < 1.29 is 14.0 Å². The van der Waals surface area contributed by atoms with Crippen molar-refractivity contribution in [3.63, 3.8) is 0 Å². The van der Waals surface area contributed by atoms with Crippen LogP contribution in [0.2, 0.25) is 0 Å². The van der Waals surface area contributed by atoms with Gasteiger partial charge >= 0.3 is 0 Å². The molecule has 3 aromatic heterocycles. The van der Waals surface area contributed by atoms with Gasteiger partial charge in [0, 0.05) is 42.7 Å². The number of oxazole rings is 1. The molecule has 0 aliphatic heterocycles. The molecule has 5 rings (SSSR count). The number of aromatic nitrogens is 2. The minimum absolute atomic E-state index is 0.317. The molecule has 34 heavy (non-hydrogen) atoms. The molecule has 0 radical (unpaired) electrons. The molecule has 7 heteroatoms. The van der Waals surface area contributed by atoms with Crippen LogP contribution < -0.4 is 10.2 Å². The molecule has 1 amide bonds. The van der Waals surface area contributed by atoms with Crippen LogP contribution in [0.25, 0.3) is 28.1 Å². The maximum atomic E-state index is 13.4. The Labute approximate surface area is 196 Å². The topological polar surface area (TPSA) is 79.9 Å². The van der Waals surface area contributed by atoms with Crippen LogP contribution in [0.3, 0.4) is 0 Å². The van der Waals surface area contributed by atoms with E-state index in [0.29, 0.717) is 28.4 Å². The molecule has 0 saturated heterocycles. The van der Waals surface area contributed by atoms with Crippen LogP contribution in [-0.4, -0.2) is 35.2 Å². The van der Waals surface area contributed by atoms with Crippen LogP contribution in [-0.2, 0) is 4.79 Å². The van der Waals surface area contributed by atoms with Crippen LogP contribution in [0, 0.1) is 0 Å². The summed E-state index contributed by atoms with van der Waals surface area (Å²) < 4.78 is 7.22. The van der Waals surface area contributed by atoms with Crippen LogP contribution in [0.1, 0.15) is 10.5 Å². The molecule has 0 aliphatic rings. The zero-order valence-electron chi connectivity index (χ0n) is 18.7. The quantitative estimate of drug-likeness (QED) is 0.286. The number of benzene rings is 2. The fourth-order valence-electron chi connectivity index (χ4n) is 4.02. The molecule has 3 heterocycles. The number of rotatable bonds is 6. The second-order valence-corrected chi connectivity index (χ2v) is 8.02. The Hall–Kier alpha value is -4.65. The third-order valence-electron chi connectivity index (χ3n) is 5.58. The summed E-state index contributed by atoms with van der Waals surface area (Å²) in [5.74, 6) is -0.925. The molecule has 0 unspecified atom stereocenters. The van der Waals surface area contributed by atoms with Gasteiger partial charge in [0.1, 0.15) is 12.0 Å². The van der Waals surface area contributed by atoms with E-state index in [9.17, 15) is 9.59 Å². The first-order valence-electron chi connectivity index (χ1n) is 10.8.